The van der Waals surface area contributed by atoms with E-state index in [-0.39, 0.29) is 5.91 Å². The Labute approximate surface area is 176 Å². The van der Waals surface area contributed by atoms with Crippen LogP contribution in [-0.2, 0) is 16.9 Å². The number of aryl methyl sites for hydroxylation is 1. The molecule has 29 heavy (non-hydrogen) atoms. The van der Waals surface area contributed by atoms with E-state index >= 15 is 0 Å². The molecule has 4 rings (SSSR count). The number of para-hydroxylation sites is 1. The second kappa shape index (κ2) is 8.43. The Balaban J connectivity index is 1.65. The van der Waals surface area contributed by atoms with Crippen molar-refractivity contribution in [2.75, 3.05) is 18.0 Å². The van der Waals surface area contributed by atoms with Crippen LogP contribution in [0.3, 0.4) is 0 Å². The smallest absolute Gasteiger partial charge is 0.224 e. The van der Waals surface area contributed by atoms with E-state index in [0.29, 0.717) is 0 Å². The third-order valence-electron chi connectivity index (χ3n) is 5.57. The molecule has 1 saturated heterocycles. The number of rotatable bonds is 5. The molecule has 6 heteroatoms. The highest BCUT2D eigenvalue weighted by molar-refractivity contribution is 7.09. The number of thiazole rings is 1. The lowest BCUT2D eigenvalue weighted by atomic mass is 9.85. The SMILES string of the molecule is CC(=O)N(c1ccccc1)C1(c2nc(C)cs2)CCN(Cc2ccccn2)CC1. The zero-order chi connectivity index (χ0) is 20.3. The predicted octanol–water partition coefficient (Wildman–Crippen LogP) is 4.39. The van der Waals surface area contributed by atoms with Gasteiger partial charge >= 0.3 is 0 Å². The van der Waals surface area contributed by atoms with Gasteiger partial charge in [-0.25, -0.2) is 4.98 Å². The van der Waals surface area contributed by atoms with Crippen molar-refractivity contribution in [1.29, 1.82) is 0 Å². The van der Waals surface area contributed by atoms with Crippen LogP contribution in [0.15, 0.2) is 60.1 Å². The van der Waals surface area contributed by atoms with Crippen LogP contribution < -0.4 is 4.90 Å². The predicted molar refractivity (Wildman–Crippen MR) is 117 cm³/mol. The van der Waals surface area contributed by atoms with Crippen molar-refractivity contribution < 1.29 is 4.79 Å². The van der Waals surface area contributed by atoms with Gasteiger partial charge in [0, 0.05) is 49.5 Å². The largest absolute Gasteiger partial charge is 0.300 e. The van der Waals surface area contributed by atoms with Crippen LogP contribution in [0.25, 0.3) is 0 Å². The van der Waals surface area contributed by atoms with Crippen LogP contribution in [0, 0.1) is 6.92 Å². The van der Waals surface area contributed by atoms with E-state index in [9.17, 15) is 4.79 Å². The highest BCUT2D eigenvalue weighted by Gasteiger charge is 2.45. The molecule has 1 aromatic carbocycles. The third-order valence-corrected chi connectivity index (χ3v) is 6.72. The number of piperidine rings is 1. The molecule has 0 spiro atoms. The number of carbonyl (C=O) groups is 1. The van der Waals surface area contributed by atoms with Gasteiger partial charge in [-0.1, -0.05) is 24.3 Å². The molecule has 2 aromatic heterocycles. The van der Waals surface area contributed by atoms with Crippen molar-refractivity contribution >= 4 is 22.9 Å². The van der Waals surface area contributed by atoms with E-state index in [4.69, 9.17) is 4.98 Å². The number of hydrogen-bond acceptors (Lipinski definition) is 5. The number of hydrogen-bond donors (Lipinski definition) is 0. The molecule has 3 aromatic rings. The van der Waals surface area contributed by atoms with Gasteiger partial charge in [0.25, 0.3) is 0 Å². The molecule has 0 radical (unpaired) electrons. The molecule has 1 fully saturated rings. The summed E-state index contributed by atoms with van der Waals surface area (Å²) in [5.41, 5.74) is 2.62. The summed E-state index contributed by atoms with van der Waals surface area (Å²) >= 11 is 1.66. The summed E-state index contributed by atoms with van der Waals surface area (Å²) in [7, 11) is 0. The van der Waals surface area contributed by atoms with Gasteiger partial charge in [0.15, 0.2) is 0 Å². The molecule has 150 valence electrons. The van der Waals surface area contributed by atoms with E-state index in [1.54, 1.807) is 18.3 Å². The van der Waals surface area contributed by atoms with Gasteiger partial charge in [-0.05, 0) is 44.0 Å². The average molecular weight is 407 g/mol. The van der Waals surface area contributed by atoms with Crippen LogP contribution in [0.5, 0.6) is 0 Å². The second-order valence-corrected chi connectivity index (χ2v) is 8.47. The fourth-order valence-corrected chi connectivity index (χ4v) is 5.26. The summed E-state index contributed by atoms with van der Waals surface area (Å²) in [5, 5.41) is 3.12. The first-order valence-corrected chi connectivity index (χ1v) is 10.9. The maximum absolute atomic E-state index is 12.9. The van der Waals surface area contributed by atoms with Gasteiger partial charge in [0.2, 0.25) is 5.91 Å². The summed E-state index contributed by atoms with van der Waals surface area (Å²) in [6, 6.07) is 16.0. The van der Waals surface area contributed by atoms with E-state index in [2.05, 4.69) is 21.3 Å². The zero-order valence-corrected chi connectivity index (χ0v) is 17.7. The lowest BCUT2D eigenvalue weighted by molar-refractivity contribution is -0.118. The quantitative estimate of drug-likeness (QED) is 0.630. The number of anilines is 1. The van der Waals surface area contributed by atoms with E-state index in [1.807, 2.05) is 60.5 Å². The third kappa shape index (κ3) is 4.09. The fourth-order valence-electron chi connectivity index (χ4n) is 4.21. The number of pyridine rings is 1. The summed E-state index contributed by atoms with van der Waals surface area (Å²) in [6.45, 7) is 6.30. The van der Waals surface area contributed by atoms with Crippen LogP contribution in [-0.4, -0.2) is 33.9 Å². The molecule has 5 nitrogen and oxygen atoms in total. The van der Waals surface area contributed by atoms with Crippen molar-refractivity contribution in [1.82, 2.24) is 14.9 Å². The number of carbonyl (C=O) groups excluding carboxylic acids is 1. The Hall–Kier alpha value is -2.57. The van der Waals surface area contributed by atoms with E-state index in [0.717, 1.165) is 54.6 Å². The number of amides is 1. The van der Waals surface area contributed by atoms with Crippen LogP contribution in [0.1, 0.15) is 36.2 Å². The average Bonchev–Trinajstić information content (AvgIpc) is 3.18. The molecule has 0 aliphatic carbocycles. The standard InChI is InChI=1S/C23H26N4OS/c1-18-17-29-22(25-18)23(27(19(2)28)21-9-4-3-5-10-21)11-14-26(15-12-23)16-20-8-6-7-13-24-20/h3-10,13,17H,11-12,14-16H2,1-2H3. The van der Waals surface area contributed by atoms with Crippen molar-refractivity contribution in [3.8, 4) is 0 Å². The first-order valence-electron chi connectivity index (χ1n) is 9.99. The number of nitrogens with zero attached hydrogens (tertiary/aromatic N) is 4. The number of aromatic nitrogens is 2. The van der Waals surface area contributed by atoms with Crippen molar-refractivity contribution in [3.63, 3.8) is 0 Å². The van der Waals surface area contributed by atoms with E-state index < -0.39 is 5.54 Å². The molecule has 1 amide bonds. The lowest BCUT2D eigenvalue weighted by Crippen LogP contribution is -2.55. The van der Waals surface area contributed by atoms with Gasteiger partial charge in [-0.3, -0.25) is 19.6 Å². The summed E-state index contributed by atoms with van der Waals surface area (Å²) in [6.07, 6.45) is 3.54. The Morgan fingerprint density at radius 2 is 1.86 bits per heavy atom. The topological polar surface area (TPSA) is 49.3 Å². The molecule has 0 N–H and O–H groups in total. The minimum Gasteiger partial charge on any atom is -0.300 e. The van der Waals surface area contributed by atoms with Gasteiger partial charge in [0.05, 0.1) is 5.69 Å². The molecule has 0 unspecified atom stereocenters. The van der Waals surface area contributed by atoms with Crippen LogP contribution in [0.2, 0.25) is 0 Å². The van der Waals surface area contributed by atoms with Crippen molar-refractivity contribution in [2.45, 2.75) is 38.8 Å². The van der Waals surface area contributed by atoms with Crippen molar-refractivity contribution in [3.05, 3.63) is 76.5 Å². The summed E-state index contributed by atoms with van der Waals surface area (Å²) < 4.78 is 0. The zero-order valence-electron chi connectivity index (χ0n) is 16.9. The Morgan fingerprint density at radius 3 is 2.45 bits per heavy atom. The summed E-state index contributed by atoms with van der Waals surface area (Å²) in [5.74, 6) is 0.0576. The van der Waals surface area contributed by atoms with Gasteiger partial charge in [0.1, 0.15) is 10.5 Å². The molecular formula is C23H26N4OS. The normalized spacial score (nSPS) is 16.5. The molecule has 0 saturated carbocycles. The minimum absolute atomic E-state index is 0.0576. The van der Waals surface area contributed by atoms with Gasteiger partial charge in [-0.15, -0.1) is 11.3 Å². The Kier molecular flexibility index (Phi) is 5.74. The fraction of sp³-hybridized carbons (Fsp3) is 0.348. The summed E-state index contributed by atoms with van der Waals surface area (Å²) in [4.78, 5) is 26.6. The number of likely N-dealkylation sites (tertiary alicyclic amines) is 1. The van der Waals surface area contributed by atoms with Crippen LogP contribution >= 0.6 is 11.3 Å². The first kappa shape index (κ1) is 19.7. The molecule has 1 aliphatic heterocycles. The molecular weight excluding hydrogens is 380 g/mol. The lowest BCUT2D eigenvalue weighted by Gasteiger charge is -2.47. The highest BCUT2D eigenvalue weighted by atomic mass is 32.1. The van der Waals surface area contributed by atoms with Gasteiger partial charge < -0.3 is 0 Å². The second-order valence-electron chi connectivity index (χ2n) is 7.61. The molecule has 3 heterocycles. The monoisotopic (exact) mass is 406 g/mol. The molecule has 1 aliphatic rings. The maximum atomic E-state index is 12.9. The van der Waals surface area contributed by atoms with Gasteiger partial charge in [-0.2, -0.15) is 0 Å². The molecule has 0 atom stereocenters. The minimum atomic E-state index is -0.410. The highest BCUT2D eigenvalue weighted by Crippen LogP contribution is 2.43. The maximum Gasteiger partial charge on any atom is 0.224 e. The van der Waals surface area contributed by atoms with Crippen LogP contribution in [0.4, 0.5) is 5.69 Å². The molecule has 0 bridgehead atoms. The van der Waals surface area contributed by atoms with Crippen molar-refractivity contribution in [2.24, 2.45) is 0 Å². The number of benzene rings is 1. The Bertz CT molecular complexity index is 949. The first-order chi connectivity index (χ1) is 14.1. The van der Waals surface area contributed by atoms with E-state index in [1.165, 1.54) is 0 Å². The Morgan fingerprint density at radius 1 is 1.14 bits per heavy atom.